The first-order chi connectivity index (χ1) is 12.3. The number of sulfonamides is 1. The third-order valence-electron chi connectivity index (χ3n) is 4.28. The molecule has 0 spiro atoms. The molecule has 1 atom stereocenters. The molecule has 1 heterocycles. The number of hydrogen-bond donors (Lipinski definition) is 1. The molecule has 146 valence electrons. The fourth-order valence-electron chi connectivity index (χ4n) is 2.88. The van der Waals surface area contributed by atoms with Gasteiger partial charge in [0.1, 0.15) is 0 Å². The quantitative estimate of drug-likeness (QED) is 0.678. The maximum atomic E-state index is 12.8. The average molecular weight is 403 g/mol. The van der Waals surface area contributed by atoms with Crippen LogP contribution < -0.4 is 5.32 Å². The fraction of sp³-hybridized carbons (Fsp3) is 0.611. The molecule has 0 unspecified atom stereocenters. The highest BCUT2D eigenvalue weighted by molar-refractivity contribution is 7.89. The molecule has 1 aromatic carbocycles. The van der Waals surface area contributed by atoms with Gasteiger partial charge in [0.15, 0.2) is 0 Å². The molecule has 8 heteroatoms. The molecule has 1 amide bonds. The van der Waals surface area contributed by atoms with Gasteiger partial charge in [-0.3, -0.25) is 4.79 Å². The van der Waals surface area contributed by atoms with E-state index in [1.165, 1.54) is 16.4 Å². The van der Waals surface area contributed by atoms with Gasteiger partial charge in [0.2, 0.25) is 15.9 Å². The van der Waals surface area contributed by atoms with Crippen molar-refractivity contribution in [3.05, 3.63) is 29.3 Å². The average Bonchev–Trinajstić information content (AvgIpc) is 2.61. The molecule has 0 aliphatic carbocycles. The van der Waals surface area contributed by atoms with Crippen molar-refractivity contribution in [2.24, 2.45) is 5.92 Å². The molecule has 0 aromatic heterocycles. The number of nitrogens with one attached hydrogen (secondary N) is 1. The van der Waals surface area contributed by atoms with Crippen LogP contribution in [0.5, 0.6) is 0 Å². The Labute approximate surface area is 160 Å². The lowest BCUT2D eigenvalue weighted by Crippen LogP contribution is -2.45. The smallest absolute Gasteiger partial charge is 0.243 e. The van der Waals surface area contributed by atoms with Crippen molar-refractivity contribution < 1.29 is 17.9 Å². The molecule has 1 aliphatic heterocycles. The Balaban J connectivity index is 1.89. The van der Waals surface area contributed by atoms with E-state index in [0.717, 1.165) is 6.42 Å². The molecule has 0 radical (unpaired) electrons. The molecule has 1 aliphatic rings. The van der Waals surface area contributed by atoms with Crippen LogP contribution in [0.15, 0.2) is 29.2 Å². The molecule has 1 saturated heterocycles. The SMILES string of the molecule is CC(C)OCCCNC(=O)[C@@H]1CCCN(S(=O)(=O)c2ccc(Cl)cc2)C1. The van der Waals surface area contributed by atoms with Crippen molar-refractivity contribution in [3.8, 4) is 0 Å². The Bertz CT molecular complexity index is 692. The van der Waals surface area contributed by atoms with Gasteiger partial charge < -0.3 is 10.1 Å². The van der Waals surface area contributed by atoms with Gasteiger partial charge in [0.25, 0.3) is 0 Å². The summed E-state index contributed by atoms with van der Waals surface area (Å²) in [4.78, 5) is 12.6. The van der Waals surface area contributed by atoms with Gasteiger partial charge in [0.05, 0.1) is 16.9 Å². The number of nitrogens with zero attached hydrogens (tertiary/aromatic N) is 1. The van der Waals surface area contributed by atoms with Crippen LogP contribution in [0, 0.1) is 5.92 Å². The summed E-state index contributed by atoms with van der Waals surface area (Å²) in [5.74, 6) is -0.414. The van der Waals surface area contributed by atoms with Crippen molar-refractivity contribution in [1.29, 1.82) is 0 Å². The number of carbonyl (C=O) groups is 1. The van der Waals surface area contributed by atoms with Gasteiger partial charge in [-0.25, -0.2) is 8.42 Å². The summed E-state index contributed by atoms with van der Waals surface area (Å²) in [5.41, 5.74) is 0. The van der Waals surface area contributed by atoms with Gasteiger partial charge >= 0.3 is 0 Å². The Morgan fingerprint density at radius 1 is 1.35 bits per heavy atom. The first kappa shape index (κ1) is 21.2. The minimum Gasteiger partial charge on any atom is -0.379 e. The summed E-state index contributed by atoms with van der Waals surface area (Å²) in [6.45, 7) is 5.70. The van der Waals surface area contributed by atoms with E-state index >= 15 is 0 Å². The standard InChI is InChI=1S/C18H27ClN2O4S/c1-14(2)25-12-4-10-20-18(22)15-5-3-11-21(13-15)26(23,24)17-8-6-16(19)7-9-17/h6-9,14-15H,3-5,10-13H2,1-2H3,(H,20,22)/t15-/m1/s1. The van der Waals surface area contributed by atoms with E-state index < -0.39 is 10.0 Å². The Morgan fingerprint density at radius 2 is 2.04 bits per heavy atom. The zero-order chi connectivity index (χ0) is 19.2. The highest BCUT2D eigenvalue weighted by Crippen LogP contribution is 2.24. The van der Waals surface area contributed by atoms with E-state index in [9.17, 15) is 13.2 Å². The monoisotopic (exact) mass is 402 g/mol. The number of ether oxygens (including phenoxy) is 1. The molecular formula is C18H27ClN2O4S. The number of benzene rings is 1. The molecular weight excluding hydrogens is 376 g/mol. The van der Waals surface area contributed by atoms with Gasteiger partial charge in [-0.1, -0.05) is 11.6 Å². The molecule has 26 heavy (non-hydrogen) atoms. The van der Waals surface area contributed by atoms with E-state index in [4.69, 9.17) is 16.3 Å². The predicted octanol–water partition coefficient (Wildman–Crippen LogP) is 2.67. The summed E-state index contributed by atoms with van der Waals surface area (Å²) in [7, 11) is -3.61. The van der Waals surface area contributed by atoms with E-state index in [1.807, 2.05) is 13.8 Å². The van der Waals surface area contributed by atoms with Crippen LogP contribution in [-0.4, -0.2) is 51.0 Å². The van der Waals surface area contributed by atoms with Gasteiger partial charge in [-0.2, -0.15) is 4.31 Å². The molecule has 0 saturated carbocycles. The number of rotatable bonds is 8. The molecule has 6 nitrogen and oxygen atoms in total. The second-order valence-corrected chi connectivity index (χ2v) is 9.09. The number of hydrogen-bond acceptors (Lipinski definition) is 4. The molecule has 0 bridgehead atoms. The lowest BCUT2D eigenvalue weighted by atomic mass is 9.99. The van der Waals surface area contributed by atoms with E-state index in [-0.39, 0.29) is 29.4 Å². The van der Waals surface area contributed by atoms with E-state index in [0.29, 0.717) is 37.6 Å². The van der Waals surface area contributed by atoms with Crippen LogP contribution in [0.3, 0.4) is 0 Å². The van der Waals surface area contributed by atoms with Crippen molar-refractivity contribution in [2.75, 3.05) is 26.2 Å². The zero-order valence-electron chi connectivity index (χ0n) is 15.3. The maximum Gasteiger partial charge on any atom is 0.243 e. The number of amides is 1. The fourth-order valence-corrected chi connectivity index (χ4v) is 4.53. The Kier molecular flexibility index (Phi) is 7.88. The highest BCUT2D eigenvalue weighted by atomic mass is 35.5. The normalized spacial score (nSPS) is 18.8. The van der Waals surface area contributed by atoms with E-state index in [2.05, 4.69) is 5.32 Å². The summed E-state index contributed by atoms with van der Waals surface area (Å²) < 4.78 is 32.4. The minimum absolute atomic E-state index is 0.0921. The van der Waals surface area contributed by atoms with Crippen LogP contribution in [-0.2, 0) is 19.6 Å². The summed E-state index contributed by atoms with van der Waals surface area (Å²) in [5, 5.41) is 3.37. The van der Waals surface area contributed by atoms with Gasteiger partial charge in [0, 0.05) is 31.3 Å². The van der Waals surface area contributed by atoms with Crippen molar-refractivity contribution in [3.63, 3.8) is 0 Å². The lowest BCUT2D eigenvalue weighted by molar-refractivity contribution is -0.126. The highest BCUT2D eigenvalue weighted by Gasteiger charge is 2.33. The van der Waals surface area contributed by atoms with Gasteiger partial charge in [-0.15, -0.1) is 0 Å². The second kappa shape index (κ2) is 9.69. The zero-order valence-corrected chi connectivity index (χ0v) is 16.9. The summed E-state index contributed by atoms with van der Waals surface area (Å²) in [6.07, 6.45) is 2.28. The van der Waals surface area contributed by atoms with Crippen LogP contribution >= 0.6 is 11.6 Å². The topological polar surface area (TPSA) is 75.7 Å². The predicted molar refractivity (Wildman–Crippen MR) is 102 cm³/mol. The second-order valence-electron chi connectivity index (χ2n) is 6.72. The van der Waals surface area contributed by atoms with Crippen LogP contribution in [0.2, 0.25) is 5.02 Å². The molecule has 1 N–H and O–H groups in total. The van der Waals surface area contributed by atoms with Crippen molar-refractivity contribution in [2.45, 2.75) is 44.1 Å². The van der Waals surface area contributed by atoms with Crippen molar-refractivity contribution in [1.82, 2.24) is 9.62 Å². The maximum absolute atomic E-state index is 12.8. The number of piperidine rings is 1. The Hall–Kier alpha value is -1.15. The molecule has 1 fully saturated rings. The van der Waals surface area contributed by atoms with Crippen molar-refractivity contribution >= 4 is 27.5 Å². The lowest BCUT2D eigenvalue weighted by Gasteiger charge is -2.31. The van der Waals surface area contributed by atoms with Gasteiger partial charge in [-0.05, 0) is 57.4 Å². The Morgan fingerprint density at radius 3 is 2.69 bits per heavy atom. The van der Waals surface area contributed by atoms with E-state index in [1.54, 1.807) is 12.1 Å². The van der Waals surface area contributed by atoms with Crippen LogP contribution in [0.1, 0.15) is 33.1 Å². The minimum atomic E-state index is -3.61. The largest absolute Gasteiger partial charge is 0.379 e. The summed E-state index contributed by atoms with van der Waals surface area (Å²) in [6, 6.07) is 6.11. The number of carbonyl (C=O) groups excluding carboxylic acids is 1. The third kappa shape index (κ3) is 5.94. The molecule has 2 rings (SSSR count). The first-order valence-electron chi connectivity index (χ1n) is 8.95. The first-order valence-corrected chi connectivity index (χ1v) is 10.8. The molecule has 1 aromatic rings. The van der Waals surface area contributed by atoms with Crippen LogP contribution in [0.25, 0.3) is 0 Å². The summed E-state index contributed by atoms with van der Waals surface area (Å²) >= 11 is 5.83. The number of halogens is 1. The third-order valence-corrected chi connectivity index (χ3v) is 6.41. The van der Waals surface area contributed by atoms with Crippen LogP contribution in [0.4, 0.5) is 0 Å².